The summed E-state index contributed by atoms with van der Waals surface area (Å²) >= 11 is 0. The molecule has 0 radical (unpaired) electrons. The van der Waals surface area contributed by atoms with Crippen LogP contribution < -0.4 is 10.1 Å². The molecule has 21 heavy (non-hydrogen) atoms. The number of methoxy groups -OCH3 is 1. The highest BCUT2D eigenvalue weighted by atomic mass is 16.5. The van der Waals surface area contributed by atoms with Crippen LogP contribution in [0.25, 0.3) is 0 Å². The Morgan fingerprint density at radius 3 is 2.43 bits per heavy atom. The molecule has 0 amide bonds. The molecule has 2 nitrogen and oxygen atoms in total. The first-order valence-electron chi connectivity index (χ1n) is 7.52. The second kappa shape index (κ2) is 6.66. The van der Waals surface area contributed by atoms with Crippen molar-refractivity contribution in [1.82, 2.24) is 0 Å². The molecular weight excluding hydrogens is 258 g/mol. The van der Waals surface area contributed by atoms with E-state index in [2.05, 4.69) is 75.5 Å². The predicted octanol–water partition coefficient (Wildman–Crippen LogP) is 5.30. The van der Waals surface area contributed by atoms with Crippen LogP contribution in [0.4, 0.5) is 5.69 Å². The summed E-state index contributed by atoms with van der Waals surface area (Å²) in [6.45, 7) is 8.67. The van der Waals surface area contributed by atoms with Crippen molar-refractivity contribution in [3.05, 3.63) is 59.2 Å². The maximum atomic E-state index is 5.51. The van der Waals surface area contributed by atoms with E-state index in [1.165, 1.54) is 16.7 Å². The number of aryl methyl sites for hydroxylation is 1. The Morgan fingerprint density at radius 1 is 1.00 bits per heavy atom. The van der Waals surface area contributed by atoms with Crippen LogP contribution in [0.3, 0.4) is 0 Å². The molecule has 1 unspecified atom stereocenters. The third-order valence-corrected chi connectivity index (χ3v) is 3.79. The molecule has 0 spiro atoms. The van der Waals surface area contributed by atoms with Gasteiger partial charge in [-0.3, -0.25) is 0 Å². The van der Waals surface area contributed by atoms with Gasteiger partial charge in [-0.05, 0) is 49.1 Å². The molecule has 0 aromatic heterocycles. The van der Waals surface area contributed by atoms with E-state index < -0.39 is 0 Å². The lowest BCUT2D eigenvalue weighted by Crippen LogP contribution is -2.08. The van der Waals surface area contributed by atoms with Gasteiger partial charge in [0.15, 0.2) is 0 Å². The standard InChI is InChI=1S/C19H25NO/c1-13(2)16-7-6-8-17(12-16)20-15(4)18-10-9-14(3)11-19(18)21-5/h6-13,15,20H,1-5H3. The summed E-state index contributed by atoms with van der Waals surface area (Å²) in [5.74, 6) is 1.48. The van der Waals surface area contributed by atoms with Crippen LogP contribution in [0.5, 0.6) is 5.75 Å². The first-order valence-corrected chi connectivity index (χ1v) is 7.52. The van der Waals surface area contributed by atoms with Crippen molar-refractivity contribution in [2.75, 3.05) is 12.4 Å². The van der Waals surface area contributed by atoms with Crippen LogP contribution in [-0.4, -0.2) is 7.11 Å². The highest BCUT2D eigenvalue weighted by Gasteiger charge is 2.12. The smallest absolute Gasteiger partial charge is 0.124 e. The number of hydrogen-bond donors (Lipinski definition) is 1. The molecule has 1 N–H and O–H groups in total. The van der Waals surface area contributed by atoms with Crippen LogP contribution in [0.1, 0.15) is 49.4 Å². The summed E-state index contributed by atoms with van der Waals surface area (Å²) in [7, 11) is 1.73. The molecule has 2 aromatic carbocycles. The fourth-order valence-corrected chi connectivity index (χ4v) is 2.49. The molecular formula is C19H25NO. The fourth-order valence-electron chi connectivity index (χ4n) is 2.49. The molecule has 2 rings (SSSR count). The summed E-state index contributed by atoms with van der Waals surface area (Å²) in [5.41, 5.74) is 4.89. The van der Waals surface area contributed by atoms with Crippen molar-refractivity contribution < 1.29 is 4.74 Å². The fraction of sp³-hybridized carbons (Fsp3) is 0.368. The highest BCUT2D eigenvalue weighted by molar-refractivity contribution is 5.50. The molecule has 0 fully saturated rings. The SMILES string of the molecule is COc1cc(C)ccc1C(C)Nc1cccc(C(C)C)c1. The summed E-state index contributed by atoms with van der Waals surface area (Å²) in [6.07, 6.45) is 0. The minimum Gasteiger partial charge on any atom is -0.496 e. The lowest BCUT2D eigenvalue weighted by Gasteiger charge is -2.19. The van der Waals surface area contributed by atoms with Crippen molar-refractivity contribution in [2.45, 2.75) is 39.7 Å². The van der Waals surface area contributed by atoms with Crippen molar-refractivity contribution in [3.63, 3.8) is 0 Å². The first kappa shape index (κ1) is 15.4. The van der Waals surface area contributed by atoms with E-state index in [-0.39, 0.29) is 6.04 Å². The molecule has 0 aliphatic rings. The molecule has 1 atom stereocenters. The van der Waals surface area contributed by atoms with E-state index in [4.69, 9.17) is 4.74 Å². The van der Waals surface area contributed by atoms with E-state index in [1.807, 2.05) is 0 Å². The Kier molecular flexibility index (Phi) is 4.89. The number of anilines is 1. The van der Waals surface area contributed by atoms with Gasteiger partial charge in [-0.25, -0.2) is 0 Å². The van der Waals surface area contributed by atoms with Gasteiger partial charge in [0.2, 0.25) is 0 Å². The number of benzene rings is 2. The van der Waals surface area contributed by atoms with Crippen LogP contribution >= 0.6 is 0 Å². The molecule has 112 valence electrons. The Balaban J connectivity index is 2.21. The number of nitrogens with one attached hydrogen (secondary N) is 1. The first-order chi connectivity index (χ1) is 10.0. The largest absolute Gasteiger partial charge is 0.496 e. The van der Waals surface area contributed by atoms with Crippen molar-refractivity contribution in [3.8, 4) is 5.75 Å². The van der Waals surface area contributed by atoms with E-state index >= 15 is 0 Å². The monoisotopic (exact) mass is 283 g/mol. The van der Waals surface area contributed by atoms with Crippen LogP contribution in [0.2, 0.25) is 0 Å². The third-order valence-electron chi connectivity index (χ3n) is 3.79. The molecule has 0 heterocycles. The summed E-state index contributed by atoms with van der Waals surface area (Å²) in [6, 6.07) is 15.2. The zero-order valence-electron chi connectivity index (χ0n) is 13.6. The third kappa shape index (κ3) is 3.78. The van der Waals surface area contributed by atoms with E-state index in [9.17, 15) is 0 Å². The van der Waals surface area contributed by atoms with Gasteiger partial charge < -0.3 is 10.1 Å². The predicted molar refractivity (Wildman–Crippen MR) is 90.3 cm³/mol. The van der Waals surface area contributed by atoms with Crippen molar-refractivity contribution in [2.24, 2.45) is 0 Å². The van der Waals surface area contributed by atoms with Crippen LogP contribution in [0, 0.1) is 6.92 Å². The average molecular weight is 283 g/mol. The molecule has 0 aliphatic heterocycles. The molecule has 0 saturated heterocycles. The van der Waals surface area contributed by atoms with Crippen molar-refractivity contribution in [1.29, 1.82) is 0 Å². The Hall–Kier alpha value is -1.96. The number of hydrogen-bond acceptors (Lipinski definition) is 2. The van der Waals surface area contributed by atoms with Gasteiger partial charge in [-0.2, -0.15) is 0 Å². The molecule has 0 saturated carbocycles. The van der Waals surface area contributed by atoms with Gasteiger partial charge in [0.05, 0.1) is 13.2 Å². The van der Waals surface area contributed by atoms with Crippen molar-refractivity contribution >= 4 is 5.69 Å². The Labute approximate surface area is 128 Å². The lowest BCUT2D eigenvalue weighted by molar-refractivity contribution is 0.407. The van der Waals surface area contributed by atoms with Gasteiger partial charge in [-0.1, -0.05) is 38.1 Å². The lowest BCUT2D eigenvalue weighted by atomic mass is 10.0. The maximum absolute atomic E-state index is 5.51. The van der Waals surface area contributed by atoms with Gasteiger partial charge in [-0.15, -0.1) is 0 Å². The van der Waals surface area contributed by atoms with Gasteiger partial charge in [0.1, 0.15) is 5.75 Å². The quantitative estimate of drug-likeness (QED) is 0.804. The molecule has 0 bridgehead atoms. The minimum absolute atomic E-state index is 0.197. The normalized spacial score (nSPS) is 12.3. The molecule has 2 heteroatoms. The Bertz CT molecular complexity index is 604. The van der Waals surface area contributed by atoms with Crippen LogP contribution in [-0.2, 0) is 0 Å². The second-order valence-corrected chi connectivity index (χ2v) is 5.89. The Morgan fingerprint density at radius 2 is 1.76 bits per heavy atom. The van der Waals surface area contributed by atoms with E-state index in [1.54, 1.807) is 7.11 Å². The zero-order chi connectivity index (χ0) is 15.4. The molecule has 2 aromatic rings. The topological polar surface area (TPSA) is 21.3 Å². The van der Waals surface area contributed by atoms with Gasteiger partial charge in [0.25, 0.3) is 0 Å². The summed E-state index contributed by atoms with van der Waals surface area (Å²) < 4.78 is 5.51. The minimum atomic E-state index is 0.197. The number of rotatable bonds is 5. The maximum Gasteiger partial charge on any atom is 0.124 e. The van der Waals surface area contributed by atoms with Crippen LogP contribution in [0.15, 0.2) is 42.5 Å². The van der Waals surface area contributed by atoms with Gasteiger partial charge in [0, 0.05) is 11.3 Å². The summed E-state index contributed by atoms with van der Waals surface area (Å²) in [5, 5.41) is 3.57. The van der Waals surface area contributed by atoms with E-state index in [0.717, 1.165) is 11.4 Å². The van der Waals surface area contributed by atoms with E-state index in [0.29, 0.717) is 5.92 Å². The average Bonchev–Trinajstić information content (AvgIpc) is 2.47. The van der Waals surface area contributed by atoms with Gasteiger partial charge >= 0.3 is 0 Å². The highest BCUT2D eigenvalue weighted by Crippen LogP contribution is 2.29. The number of ether oxygens (including phenoxy) is 1. The molecule has 0 aliphatic carbocycles. The zero-order valence-corrected chi connectivity index (χ0v) is 13.6. The second-order valence-electron chi connectivity index (χ2n) is 5.89. The summed E-state index contributed by atoms with van der Waals surface area (Å²) in [4.78, 5) is 0.